The van der Waals surface area contributed by atoms with Gasteiger partial charge in [0, 0.05) is 12.1 Å². The number of hydrogen-bond acceptors (Lipinski definition) is 5. The Labute approximate surface area is 126 Å². The van der Waals surface area contributed by atoms with Gasteiger partial charge in [0.25, 0.3) is 0 Å². The molecule has 1 rings (SSSR count). The van der Waals surface area contributed by atoms with Crippen LogP contribution in [0.4, 0.5) is 13.2 Å². The first-order valence-corrected chi connectivity index (χ1v) is 6.64. The van der Waals surface area contributed by atoms with E-state index in [1.807, 2.05) is 0 Å². The standard InChI is InChI=1S/C11H12F3IN2O3/c1-2-19-8(18)4-6-3-7(5-16)9(15)17-10(6)20-11(12,13)14/h3H,2,4-5,16H2,1H3. The molecule has 0 saturated carbocycles. The zero-order valence-electron chi connectivity index (χ0n) is 10.5. The quantitative estimate of drug-likeness (QED) is 0.463. The van der Waals surface area contributed by atoms with Gasteiger partial charge in [0.2, 0.25) is 5.88 Å². The maximum absolute atomic E-state index is 12.3. The molecule has 0 saturated heterocycles. The van der Waals surface area contributed by atoms with Gasteiger partial charge < -0.3 is 15.2 Å². The van der Waals surface area contributed by atoms with E-state index in [1.54, 1.807) is 29.5 Å². The van der Waals surface area contributed by atoms with E-state index < -0.39 is 18.2 Å². The lowest BCUT2D eigenvalue weighted by Gasteiger charge is -2.14. The van der Waals surface area contributed by atoms with E-state index in [4.69, 9.17) is 10.5 Å². The molecule has 112 valence electrons. The third-order valence-corrected chi connectivity index (χ3v) is 3.09. The molecule has 5 nitrogen and oxygen atoms in total. The van der Waals surface area contributed by atoms with Crippen LogP contribution in [0.2, 0.25) is 0 Å². The molecule has 2 N–H and O–H groups in total. The SMILES string of the molecule is CCOC(=O)Cc1cc(CN)c(I)nc1OC(F)(F)F. The summed E-state index contributed by atoms with van der Waals surface area (Å²) in [6, 6.07) is 1.37. The maximum atomic E-state index is 12.3. The fraction of sp³-hybridized carbons (Fsp3) is 0.455. The summed E-state index contributed by atoms with van der Waals surface area (Å²) in [5.41, 5.74) is 5.98. The van der Waals surface area contributed by atoms with Crippen LogP contribution in [0, 0.1) is 3.70 Å². The minimum absolute atomic E-state index is 0.0124. The molecule has 20 heavy (non-hydrogen) atoms. The fourth-order valence-electron chi connectivity index (χ4n) is 1.40. The van der Waals surface area contributed by atoms with E-state index in [0.29, 0.717) is 5.56 Å². The number of halogens is 4. The van der Waals surface area contributed by atoms with Crippen LogP contribution in [0.15, 0.2) is 6.07 Å². The molecule has 0 fully saturated rings. The minimum Gasteiger partial charge on any atom is -0.466 e. The van der Waals surface area contributed by atoms with E-state index >= 15 is 0 Å². The van der Waals surface area contributed by atoms with Crippen molar-refractivity contribution in [1.29, 1.82) is 0 Å². The number of esters is 1. The minimum atomic E-state index is -4.89. The molecule has 1 aromatic rings. The first-order chi connectivity index (χ1) is 9.26. The molecular formula is C11H12F3IN2O3. The van der Waals surface area contributed by atoms with Gasteiger partial charge in [-0.05, 0) is 41.1 Å². The first kappa shape index (κ1) is 17.0. The maximum Gasteiger partial charge on any atom is 0.574 e. The Bertz CT molecular complexity index is 495. The average Bonchev–Trinajstić information content (AvgIpc) is 2.30. The fourth-order valence-corrected chi connectivity index (χ4v) is 1.99. The molecule has 0 bridgehead atoms. The van der Waals surface area contributed by atoms with Crippen LogP contribution in [-0.2, 0) is 22.5 Å². The summed E-state index contributed by atoms with van der Waals surface area (Å²) in [5, 5.41) is 0. The zero-order valence-corrected chi connectivity index (χ0v) is 12.6. The van der Waals surface area contributed by atoms with Crippen LogP contribution in [0.25, 0.3) is 0 Å². The molecule has 0 radical (unpaired) electrons. The van der Waals surface area contributed by atoms with Crippen LogP contribution in [0.1, 0.15) is 18.1 Å². The molecule has 0 amide bonds. The zero-order chi connectivity index (χ0) is 15.3. The van der Waals surface area contributed by atoms with Gasteiger partial charge in [0.15, 0.2) is 0 Å². The largest absolute Gasteiger partial charge is 0.574 e. The van der Waals surface area contributed by atoms with Gasteiger partial charge >= 0.3 is 12.3 Å². The van der Waals surface area contributed by atoms with E-state index in [9.17, 15) is 18.0 Å². The summed E-state index contributed by atoms with van der Waals surface area (Å²) in [7, 11) is 0. The van der Waals surface area contributed by atoms with Crippen LogP contribution >= 0.6 is 22.6 Å². The summed E-state index contributed by atoms with van der Waals surface area (Å²) >= 11 is 1.75. The second-order valence-electron chi connectivity index (χ2n) is 3.64. The van der Waals surface area contributed by atoms with Crippen LogP contribution < -0.4 is 10.5 Å². The second-order valence-corrected chi connectivity index (χ2v) is 4.66. The number of carbonyl (C=O) groups excluding carboxylic acids is 1. The van der Waals surface area contributed by atoms with Gasteiger partial charge in [0.1, 0.15) is 3.70 Å². The van der Waals surface area contributed by atoms with Crippen molar-refractivity contribution in [3.63, 3.8) is 0 Å². The number of hydrogen-bond donors (Lipinski definition) is 1. The average molecular weight is 404 g/mol. The van der Waals surface area contributed by atoms with Crippen molar-refractivity contribution >= 4 is 28.6 Å². The highest BCUT2D eigenvalue weighted by Crippen LogP contribution is 2.27. The van der Waals surface area contributed by atoms with Crippen LogP contribution in [-0.4, -0.2) is 23.9 Å². The number of nitrogens with two attached hydrogens (primary N) is 1. The summed E-state index contributed by atoms with van der Waals surface area (Å²) < 4.78 is 45.8. The molecule has 1 aromatic heterocycles. The van der Waals surface area contributed by atoms with Crippen molar-refractivity contribution in [2.45, 2.75) is 26.3 Å². The molecule has 0 aromatic carbocycles. The van der Waals surface area contributed by atoms with Gasteiger partial charge in [-0.3, -0.25) is 4.79 Å². The number of alkyl halides is 3. The third kappa shape index (κ3) is 5.12. The predicted octanol–water partition coefficient (Wildman–Crippen LogP) is 2.15. The van der Waals surface area contributed by atoms with Crippen LogP contribution in [0.5, 0.6) is 5.88 Å². The molecule has 0 aliphatic heterocycles. The highest BCUT2D eigenvalue weighted by Gasteiger charge is 2.33. The summed E-state index contributed by atoms with van der Waals surface area (Å²) in [4.78, 5) is 15.1. The summed E-state index contributed by atoms with van der Waals surface area (Å²) in [6.07, 6.45) is -5.25. The molecule has 0 aliphatic rings. The van der Waals surface area contributed by atoms with Crippen molar-refractivity contribution in [2.24, 2.45) is 5.73 Å². The Morgan fingerprint density at radius 1 is 1.45 bits per heavy atom. The number of aromatic nitrogens is 1. The molecule has 9 heteroatoms. The predicted molar refractivity (Wildman–Crippen MR) is 71.9 cm³/mol. The Morgan fingerprint density at radius 2 is 2.10 bits per heavy atom. The van der Waals surface area contributed by atoms with Crippen molar-refractivity contribution in [3.05, 3.63) is 20.9 Å². The van der Waals surface area contributed by atoms with E-state index in [-0.39, 0.29) is 28.8 Å². The van der Waals surface area contributed by atoms with Crippen molar-refractivity contribution in [2.75, 3.05) is 6.61 Å². The Balaban J connectivity index is 3.12. The van der Waals surface area contributed by atoms with Crippen molar-refractivity contribution in [3.8, 4) is 5.88 Å². The lowest BCUT2D eigenvalue weighted by molar-refractivity contribution is -0.276. The van der Waals surface area contributed by atoms with Gasteiger partial charge in [-0.15, -0.1) is 13.2 Å². The van der Waals surface area contributed by atoms with E-state index in [1.165, 1.54) is 6.07 Å². The number of rotatable bonds is 5. The van der Waals surface area contributed by atoms with Gasteiger partial charge in [-0.1, -0.05) is 0 Å². The van der Waals surface area contributed by atoms with Crippen molar-refractivity contribution < 1.29 is 27.4 Å². The molecule has 0 unspecified atom stereocenters. The first-order valence-electron chi connectivity index (χ1n) is 5.56. The molecule has 0 atom stereocenters. The monoisotopic (exact) mass is 404 g/mol. The number of carbonyl (C=O) groups is 1. The van der Waals surface area contributed by atoms with Gasteiger partial charge in [0.05, 0.1) is 13.0 Å². The Morgan fingerprint density at radius 3 is 2.60 bits per heavy atom. The molecule has 1 heterocycles. The number of nitrogens with zero attached hydrogens (tertiary/aromatic N) is 1. The second kappa shape index (κ2) is 7.07. The Kier molecular flexibility index (Phi) is 5.99. The summed E-state index contributed by atoms with van der Waals surface area (Å²) in [6.45, 7) is 1.83. The molecule has 0 aliphatic carbocycles. The van der Waals surface area contributed by atoms with Gasteiger partial charge in [-0.25, -0.2) is 4.98 Å². The molecular weight excluding hydrogens is 392 g/mol. The normalized spacial score (nSPS) is 11.3. The number of ether oxygens (including phenoxy) is 2. The Hall–Kier alpha value is -1.10. The smallest absolute Gasteiger partial charge is 0.466 e. The van der Waals surface area contributed by atoms with E-state index in [2.05, 4.69) is 9.72 Å². The highest BCUT2D eigenvalue weighted by atomic mass is 127. The number of pyridine rings is 1. The van der Waals surface area contributed by atoms with Crippen molar-refractivity contribution in [1.82, 2.24) is 4.98 Å². The van der Waals surface area contributed by atoms with Crippen LogP contribution in [0.3, 0.4) is 0 Å². The lowest BCUT2D eigenvalue weighted by atomic mass is 10.1. The topological polar surface area (TPSA) is 74.4 Å². The molecule has 0 spiro atoms. The van der Waals surface area contributed by atoms with Gasteiger partial charge in [-0.2, -0.15) is 0 Å². The lowest BCUT2D eigenvalue weighted by Crippen LogP contribution is -2.21. The highest BCUT2D eigenvalue weighted by molar-refractivity contribution is 14.1. The summed E-state index contributed by atoms with van der Waals surface area (Å²) in [5.74, 6) is -1.32. The third-order valence-electron chi connectivity index (χ3n) is 2.16. The van der Waals surface area contributed by atoms with E-state index in [0.717, 1.165) is 0 Å².